The van der Waals surface area contributed by atoms with Crippen molar-refractivity contribution in [3.8, 4) is 0 Å². The molecule has 4 N–H and O–H groups in total. The smallest absolute Gasteiger partial charge is 0.221 e. The monoisotopic (exact) mass is 288 g/mol. The number of halogens is 1. The third-order valence-corrected chi connectivity index (χ3v) is 3.09. The van der Waals surface area contributed by atoms with Gasteiger partial charge in [0.2, 0.25) is 5.91 Å². The molecule has 2 rings (SSSR count). The van der Waals surface area contributed by atoms with E-state index in [1.54, 1.807) is 30.3 Å². The lowest BCUT2D eigenvalue weighted by Crippen LogP contribution is -2.16. The molecule has 0 aliphatic heterocycles. The first-order valence-electron chi connectivity index (χ1n) is 5.95. The van der Waals surface area contributed by atoms with Gasteiger partial charge in [-0.2, -0.15) is 0 Å². The predicted molar refractivity (Wildman–Crippen MR) is 78.6 cm³/mol. The number of benzene rings is 2. The maximum atomic E-state index is 12.4. The van der Waals surface area contributed by atoms with Crippen LogP contribution in [0.5, 0.6) is 0 Å². The van der Waals surface area contributed by atoms with Crippen LogP contribution in [-0.2, 0) is 11.2 Å². The molecule has 0 fully saturated rings. The van der Waals surface area contributed by atoms with Gasteiger partial charge in [0.1, 0.15) is 0 Å². The Morgan fingerprint density at radius 3 is 2.35 bits per heavy atom. The van der Waals surface area contributed by atoms with Gasteiger partial charge in [0.25, 0.3) is 0 Å². The summed E-state index contributed by atoms with van der Waals surface area (Å²) >= 11 is 5.98. The minimum Gasteiger partial charge on any atom is -0.398 e. The van der Waals surface area contributed by atoms with E-state index in [0.717, 1.165) is 0 Å². The SMILES string of the molecule is NC(=O)Cc1cc(Cl)cc(C(=O)c2ccccc2)c1N. The molecule has 0 aliphatic carbocycles. The molecule has 0 aromatic heterocycles. The Labute approximate surface area is 121 Å². The Hall–Kier alpha value is -2.33. The number of carbonyl (C=O) groups excluding carboxylic acids is 2. The zero-order valence-electron chi connectivity index (χ0n) is 10.6. The molecule has 0 saturated heterocycles. The summed E-state index contributed by atoms with van der Waals surface area (Å²) in [7, 11) is 0. The molecule has 0 unspecified atom stereocenters. The first kappa shape index (κ1) is 14.1. The van der Waals surface area contributed by atoms with Crippen molar-refractivity contribution in [3.05, 3.63) is 64.2 Å². The van der Waals surface area contributed by atoms with E-state index in [2.05, 4.69) is 0 Å². The number of nitrogens with two attached hydrogens (primary N) is 2. The number of hydrogen-bond acceptors (Lipinski definition) is 3. The zero-order chi connectivity index (χ0) is 14.7. The van der Waals surface area contributed by atoms with E-state index in [4.69, 9.17) is 23.1 Å². The second-order valence-corrected chi connectivity index (χ2v) is 4.80. The lowest BCUT2D eigenvalue weighted by Gasteiger charge is -2.10. The highest BCUT2D eigenvalue weighted by Crippen LogP contribution is 2.26. The van der Waals surface area contributed by atoms with Gasteiger partial charge >= 0.3 is 0 Å². The van der Waals surface area contributed by atoms with E-state index < -0.39 is 5.91 Å². The molecule has 5 heteroatoms. The topological polar surface area (TPSA) is 86.2 Å². The summed E-state index contributed by atoms with van der Waals surface area (Å²) in [5.41, 5.74) is 12.6. The van der Waals surface area contributed by atoms with Crippen molar-refractivity contribution in [1.29, 1.82) is 0 Å². The minimum atomic E-state index is -0.530. The number of amides is 1. The fourth-order valence-corrected chi connectivity index (χ4v) is 2.18. The summed E-state index contributed by atoms with van der Waals surface area (Å²) in [5, 5.41) is 0.342. The molecule has 0 atom stereocenters. The Morgan fingerprint density at radius 1 is 1.10 bits per heavy atom. The normalized spacial score (nSPS) is 10.2. The van der Waals surface area contributed by atoms with Crippen LogP contribution in [0.2, 0.25) is 5.02 Å². The van der Waals surface area contributed by atoms with Gasteiger partial charge in [-0.25, -0.2) is 0 Å². The molecular weight excluding hydrogens is 276 g/mol. The van der Waals surface area contributed by atoms with Crippen LogP contribution in [0.1, 0.15) is 21.5 Å². The minimum absolute atomic E-state index is 0.0541. The van der Waals surface area contributed by atoms with Crippen LogP contribution in [-0.4, -0.2) is 11.7 Å². The van der Waals surface area contributed by atoms with Crippen molar-refractivity contribution >= 4 is 29.0 Å². The van der Waals surface area contributed by atoms with E-state index >= 15 is 0 Å². The van der Waals surface area contributed by atoms with E-state index in [1.807, 2.05) is 6.07 Å². The molecule has 0 heterocycles. The number of carbonyl (C=O) groups is 2. The maximum Gasteiger partial charge on any atom is 0.221 e. The lowest BCUT2D eigenvalue weighted by atomic mass is 9.97. The highest BCUT2D eigenvalue weighted by Gasteiger charge is 2.16. The van der Waals surface area contributed by atoms with Gasteiger partial charge < -0.3 is 11.5 Å². The largest absolute Gasteiger partial charge is 0.398 e. The van der Waals surface area contributed by atoms with Gasteiger partial charge in [-0.05, 0) is 17.7 Å². The van der Waals surface area contributed by atoms with Crippen LogP contribution in [0.15, 0.2) is 42.5 Å². The number of hydrogen-bond donors (Lipinski definition) is 2. The molecule has 2 aromatic carbocycles. The predicted octanol–water partition coefficient (Wildman–Crippen LogP) is 2.18. The van der Waals surface area contributed by atoms with Gasteiger partial charge in [0.05, 0.1) is 6.42 Å². The summed E-state index contributed by atoms with van der Waals surface area (Å²) < 4.78 is 0. The van der Waals surface area contributed by atoms with Gasteiger partial charge in [-0.15, -0.1) is 0 Å². The summed E-state index contributed by atoms with van der Waals surface area (Å²) in [5.74, 6) is -0.770. The summed E-state index contributed by atoms with van der Waals surface area (Å²) in [6.07, 6.45) is -0.0541. The van der Waals surface area contributed by atoms with Crippen LogP contribution < -0.4 is 11.5 Å². The number of nitrogen functional groups attached to an aromatic ring is 1. The van der Waals surface area contributed by atoms with Crippen LogP contribution in [0, 0.1) is 0 Å². The molecule has 2 aromatic rings. The molecule has 0 radical (unpaired) electrons. The second kappa shape index (κ2) is 5.75. The van der Waals surface area contributed by atoms with E-state index in [0.29, 0.717) is 16.1 Å². The summed E-state index contributed by atoms with van der Waals surface area (Å²) in [6, 6.07) is 11.8. The van der Waals surface area contributed by atoms with E-state index in [1.165, 1.54) is 6.07 Å². The number of ketones is 1. The number of anilines is 1. The quantitative estimate of drug-likeness (QED) is 0.668. The summed E-state index contributed by atoms with van der Waals surface area (Å²) in [4.78, 5) is 23.4. The average molecular weight is 289 g/mol. The third-order valence-electron chi connectivity index (χ3n) is 2.88. The highest BCUT2D eigenvalue weighted by atomic mass is 35.5. The van der Waals surface area contributed by atoms with Crippen molar-refractivity contribution in [2.75, 3.05) is 5.73 Å². The molecule has 20 heavy (non-hydrogen) atoms. The second-order valence-electron chi connectivity index (χ2n) is 4.36. The Balaban J connectivity index is 2.49. The Bertz CT molecular complexity index is 669. The van der Waals surface area contributed by atoms with Crippen LogP contribution in [0.3, 0.4) is 0 Å². The first-order chi connectivity index (χ1) is 9.49. The van der Waals surface area contributed by atoms with Gasteiger partial charge in [0, 0.05) is 21.8 Å². The first-order valence-corrected chi connectivity index (χ1v) is 6.33. The van der Waals surface area contributed by atoms with Crippen molar-refractivity contribution in [1.82, 2.24) is 0 Å². The van der Waals surface area contributed by atoms with Crippen LogP contribution >= 0.6 is 11.6 Å². The lowest BCUT2D eigenvalue weighted by molar-refractivity contribution is -0.117. The third kappa shape index (κ3) is 2.97. The van der Waals surface area contributed by atoms with Gasteiger partial charge in [-0.1, -0.05) is 41.9 Å². The zero-order valence-corrected chi connectivity index (χ0v) is 11.4. The van der Waals surface area contributed by atoms with E-state index in [9.17, 15) is 9.59 Å². The maximum absolute atomic E-state index is 12.4. The van der Waals surface area contributed by atoms with Crippen LogP contribution in [0.4, 0.5) is 5.69 Å². The standard InChI is InChI=1S/C15H13ClN2O2/c16-11-6-10(7-13(17)19)14(18)12(8-11)15(20)9-4-2-1-3-5-9/h1-6,8H,7,18H2,(H2,17,19). The molecule has 1 amide bonds. The molecule has 0 spiro atoms. The molecule has 0 aliphatic rings. The molecular formula is C15H13ClN2O2. The van der Waals surface area contributed by atoms with Crippen molar-refractivity contribution in [2.45, 2.75) is 6.42 Å². The van der Waals surface area contributed by atoms with Crippen molar-refractivity contribution in [3.63, 3.8) is 0 Å². The molecule has 0 bridgehead atoms. The molecule has 4 nitrogen and oxygen atoms in total. The van der Waals surface area contributed by atoms with Gasteiger partial charge in [-0.3, -0.25) is 9.59 Å². The number of rotatable bonds is 4. The average Bonchev–Trinajstić information content (AvgIpc) is 2.42. The van der Waals surface area contributed by atoms with Crippen molar-refractivity contribution < 1.29 is 9.59 Å². The van der Waals surface area contributed by atoms with E-state index in [-0.39, 0.29) is 23.5 Å². The fourth-order valence-electron chi connectivity index (χ4n) is 1.94. The summed E-state index contributed by atoms with van der Waals surface area (Å²) in [6.45, 7) is 0. The Kier molecular flexibility index (Phi) is 4.05. The highest BCUT2D eigenvalue weighted by molar-refractivity contribution is 6.31. The van der Waals surface area contributed by atoms with Crippen molar-refractivity contribution in [2.24, 2.45) is 5.73 Å². The van der Waals surface area contributed by atoms with Crippen LogP contribution in [0.25, 0.3) is 0 Å². The molecule has 102 valence electrons. The number of primary amides is 1. The Morgan fingerprint density at radius 2 is 1.75 bits per heavy atom. The van der Waals surface area contributed by atoms with Gasteiger partial charge in [0.15, 0.2) is 5.78 Å². The molecule has 0 saturated carbocycles. The fraction of sp³-hybridized carbons (Fsp3) is 0.0667.